The van der Waals surface area contributed by atoms with Crippen LogP contribution < -0.4 is 0 Å². The predicted molar refractivity (Wildman–Crippen MR) is 95.1 cm³/mol. The van der Waals surface area contributed by atoms with Crippen LogP contribution in [0.25, 0.3) is 0 Å². The highest BCUT2D eigenvalue weighted by Crippen LogP contribution is 1.99. The lowest BCUT2D eigenvalue weighted by Gasteiger charge is -2.15. The van der Waals surface area contributed by atoms with E-state index >= 15 is 0 Å². The number of nitrogens with zero attached hydrogens (tertiary/aromatic N) is 3. The fourth-order valence-electron chi connectivity index (χ4n) is 1.81. The van der Waals surface area contributed by atoms with Gasteiger partial charge in [-0.05, 0) is 31.3 Å². The van der Waals surface area contributed by atoms with Crippen LogP contribution in [0.15, 0.2) is 48.8 Å². The lowest BCUT2D eigenvalue weighted by atomic mass is 10.2. The van der Waals surface area contributed by atoms with E-state index in [2.05, 4.69) is 34.0 Å². The van der Waals surface area contributed by atoms with Crippen LogP contribution in [-0.2, 0) is 12.8 Å². The zero-order valence-electron chi connectivity index (χ0n) is 12.0. The SMILES string of the molecule is CN(CCc1ccccn1)CCc1ccccn1.Cl.Cl.Cl. The van der Waals surface area contributed by atoms with Crippen molar-refractivity contribution in [3.8, 4) is 0 Å². The maximum atomic E-state index is 4.33. The Morgan fingerprint density at radius 3 is 1.52 bits per heavy atom. The van der Waals surface area contributed by atoms with Crippen molar-refractivity contribution in [2.24, 2.45) is 0 Å². The Morgan fingerprint density at radius 2 is 1.19 bits per heavy atom. The molecule has 0 aliphatic carbocycles. The van der Waals surface area contributed by atoms with E-state index in [0.29, 0.717) is 0 Å². The molecule has 2 heterocycles. The number of likely N-dealkylation sites (N-methyl/N-ethyl adjacent to an activating group) is 1. The molecule has 0 aliphatic heterocycles. The first-order valence-electron chi connectivity index (χ1n) is 6.33. The molecule has 2 aromatic heterocycles. The van der Waals surface area contributed by atoms with Crippen LogP contribution in [-0.4, -0.2) is 35.0 Å². The Bertz CT molecular complexity index is 411. The van der Waals surface area contributed by atoms with Gasteiger partial charge in [0.25, 0.3) is 0 Å². The summed E-state index contributed by atoms with van der Waals surface area (Å²) in [5.41, 5.74) is 2.31. The molecule has 21 heavy (non-hydrogen) atoms. The number of hydrogen-bond acceptors (Lipinski definition) is 3. The van der Waals surface area contributed by atoms with Crippen LogP contribution in [0.3, 0.4) is 0 Å². The molecule has 6 heteroatoms. The van der Waals surface area contributed by atoms with Gasteiger partial charge in [0.1, 0.15) is 0 Å². The van der Waals surface area contributed by atoms with Crippen molar-refractivity contribution in [2.45, 2.75) is 12.8 Å². The monoisotopic (exact) mass is 349 g/mol. The van der Waals surface area contributed by atoms with Crippen molar-refractivity contribution < 1.29 is 0 Å². The number of rotatable bonds is 6. The molecule has 0 fully saturated rings. The van der Waals surface area contributed by atoms with Gasteiger partial charge in [-0.2, -0.15) is 0 Å². The third kappa shape index (κ3) is 8.89. The quantitative estimate of drug-likeness (QED) is 0.799. The number of pyridine rings is 2. The summed E-state index contributed by atoms with van der Waals surface area (Å²) < 4.78 is 0. The zero-order chi connectivity index (χ0) is 12.6. The van der Waals surface area contributed by atoms with Gasteiger partial charge in [-0.25, -0.2) is 0 Å². The average Bonchev–Trinajstić information content (AvgIpc) is 2.45. The molecule has 0 atom stereocenters. The van der Waals surface area contributed by atoms with Gasteiger partial charge in [0.05, 0.1) is 0 Å². The van der Waals surface area contributed by atoms with Crippen molar-refractivity contribution in [3.05, 3.63) is 60.2 Å². The zero-order valence-corrected chi connectivity index (χ0v) is 14.5. The predicted octanol–water partition coefficient (Wildman–Crippen LogP) is 3.46. The fraction of sp³-hybridized carbons (Fsp3) is 0.333. The summed E-state index contributed by atoms with van der Waals surface area (Å²) >= 11 is 0. The highest BCUT2D eigenvalue weighted by molar-refractivity contribution is 5.86. The molecule has 2 rings (SSSR count). The highest BCUT2D eigenvalue weighted by Gasteiger charge is 2.01. The molecule has 2 aromatic rings. The van der Waals surface area contributed by atoms with Crippen LogP contribution in [0.5, 0.6) is 0 Å². The van der Waals surface area contributed by atoms with Gasteiger partial charge in [0.2, 0.25) is 0 Å². The first-order chi connectivity index (χ1) is 8.84. The first-order valence-corrected chi connectivity index (χ1v) is 6.33. The second-order valence-electron chi connectivity index (χ2n) is 4.45. The van der Waals surface area contributed by atoms with Gasteiger partial charge in [-0.3, -0.25) is 9.97 Å². The van der Waals surface area contributed by atoms with E-state index in [-0.39, 0.29) is 37.2 Å². The summed E-state index contributed by atoms with van der Waals surface area (Å²) in [7, 11) is 2.14. The summed E-state index contributed by atoms with van der Waals surface area (Å²) in [6, 6.07) is 12.1. The molecule has 0 saturated carbocycles. The lowest BCUT2D eigenvalue weighted by molar-refractivity contribution is 0.340. The largest absolute Gasteiger partial charge is 0.306 e. The summed E-state index contributed by atoms with van der Waals surface area (Å²) in [6.45, 7) is 2.06. The third-order valence-corrected chi connectivity index (χ3v) is 2.95. The smallest absolute Gasteiger partial charge is 0.0416 e. The third-order valence-electron chi connectivity index (χ3n) is 2.95. The number of aromatic nitrogens is 2. The Hall–Kier alpha value is -0.870. The summed E-state index contributed by atoms with van der Waals surface area (Å²) in [5, 5.41) is 0. The molecule has 0 N–H and O–H groups in total. The maximum Gasteiger partial charge on any atom is 0.0416 e. The second-order valence-corrected chi connectivity index (χ2v) is 4.45. The van der Waals surface area contributed by atoms with E-state index in [9.17, 15) is 0 Å². The minimum atomic E-state index is 0. The molecular formula is C15H22Cl3N3. The maximum absolute atomic E-state index is 4.33. The fourth-order valence-corrected chi connectivity index (χ4v) is 1.81. The highest BCUT2D eigenvalue weighted by atomic mass is 35.5. The van der Waals surface area contributed by atoms with Gasteiger partial charge in [0.15, 0.2) is 0 Å². The molecule has 0 amide bonds. The Kier molecular flexibility index (Phi) is 13.7. The van der Waals surface area contributed by atoms with Crippen molar-refractivity contribution in [1.82, 2.24) is 14.9 Å². The topological polar surface area (TPSA) is 29.0 Å². The van der Waals surface area contributed by atoms with E-state index in [4.69, 9.17) is 0 Å². The molecule has 0 unspecified atom stereocenters. The summed E-state index contributed by atoms with van der Waals surface area (Å²) in [4.78, 5) is 11.0. The summed E-state index contributed by atoms with van der Waals surface area (Å²) in [6.07, 6.45) is 5.70. The van der Waals surface area contributed by atoms with Crippen LogP contribution >= 0.6 is 37.2 Å². The molecule has 0 spiro atoms. The standard InChI is InChI=1S/C15H19N3.3ClH/c1-18(12-8-14-6-2-4-10-16-14)13-9-15-7-3-5-11-17-15;;;/h2-7,10-11H,8-9,12-13H2,1H3;3*1H. The van der Waals surface area contributed by atoms with Gasteiger partial charge in [0, 0.05) is 49.7 Å². The Morgan fingerprint density at radius 1 is 0.762 bits per heavy atom. The molecule has 0 bridgehead atoms. The van der Waals surface area contributed by atoms with E-state index in [1.165, 1.54) is 0 Å². The van der Waals surface area contributed by atoms with Gasteiger partial charge in [-0.1, -0.05) is 12.1 Å². The van der Waals surface area contributed by atoms with Crippen molar-refractivity contribution in [2.75, 3.05) is 20.1 Å². The normalized spacial score (nSPS) is 9.24. The number of hydrogen-bond donors (Lipinski definition) is 0. The molecule has 3 nitrogen and oxygen atoms in total. The molecule has 0 saturated heterocycles. The van der Waals surface area contributed by atoms with E-state index in [1.807, 2.05) is 36.7 Å². The minimum Gasteiger partial charge on any atom is -0.306 e. The molecule has 0 aromatic carbocycles. The van der Waals surface area contributed by atoms with Crippen LogP contribution in [0.2, 0.25) is 0 Å². The summed E-state index contributed by atoms with van der Waals surface area (Å²) in [5.74, 6) is 0. The van der Waals surface area contributed by atoms with E-state index in [0.717, 1.165) is 37.3 Å². The molecular weight excluding hydrogens is 329 g/mol. The second kappa shape index (κ2) is 12.8. The van der Waals surface area contributed by atoms with Crippen molar-refractivity contribution in [3.63, 3.8) is 0 Å². The molecule has 0 radical (unpaired) electrons. The van der Waals surface area contributed by atoms with Crippen LogP contribution in [0.4, 0.5) is 0 Å². The molecule has 0 aliphatic rings. The van der Waals surface area contributed by atoms with Crippen molar-refractivity contribution >= 4 is 37.2 Å². The lowest BCUT2D eigenvalue weighted by Crippen LogP contribution is -2.24. The van der Waals surface area contributed by atoms with Crippen LogP contribution in [0, 0.1) is 0 Å². The Labute approximate surface area is 145 Å². The first kappa shape index (κ1) is 22.4. The van der Waals surface area contributed by atoms with E-state index < -0.39 is 0 Å². The minimum absolute atomic E-state index is 0. The van der Waals surface area contributed by atoms with Gasteiger partial charge < -0.3 is 4.90 Å². The van der Waals surface area contributed by atoms with Gasteiger partial charge in [-0.15, -0.1) is 37.2 Å². The molecule has 118 valence electrons. The van der Waals surface area contributed by atoms with E-state index in [1.54, 1.807) is 0 Å². The number of halogens is 3. The van der Waals surface area contributed by atoms with Crippen molar-refractivity contribution in [1.29, 1.82) is 0 Å². The Balaban J connectivity index is 0. The average molecular weight is 351 g/mol. The van der Waals surface area contributed by atoms with Gasteiger partial charge >= 0.3 is 0 Å². The van der Waals surface area contributed by atoms with Crippen LogP contribution in [0.1, 0.15) is 11.4 Å².